The second-order valence-corrected chi connectivity index (χ2v) is 5.10. The maximum Gasteiger partial charge on any atom is 0.235 e. The van der Waals surface area contributed by atoms with Gasteiger partial charge < -0.3 is 15.4 Å². The van der Waals surface area contributed by atoms with E-state index < -0.39 is 5.41 Å². The number of rotatable bonds is 7. The van der Waals surface area contributed by atoms with Crippen molar-refractivity contribution in [3.8, 4) is 0 Å². The molecule has 0 spiro atoms. The summed E-state index contributed by atoms with van der Waals surface area (Å²) in [6, 6.07) is 6.24. The minimum atomic E-state index is -0.987. The smallest absolute Gasteiger partial charge is 0.235 e. The summed E-state index contributed by atoms with van der Waals surface area (Å²) in [5.74, 6) is -1.00. The van der Waals surface area contributed by atoms with E-state index in [2.05, 4.69) is 10.6 Å². The van der Waals surface area contributed by atoms with Crippen LogP contribution >= 0.6 is 0 Å². The topological polar surface area (TPSA) is 67.4 Å². The molecule has 1 aromatic rings. The van der Waals surface area contributed by atoms with Crippen molar-refractivity contribution < 1.29 is 18.7 Å². The van der Waals surface area contributed by atoms with Crippen LogP contribution in [0.2, 0.25) is 0 Å². The van der Waals surface area contributed by atoms with Crippen molar-refractivity contribution in [2.75, 3.05) is 20.3 Å². The van der Waals surface area contributed by atoms with Crippen molar-refractivity contribution in [2.24, 2.45) is 5.41 Å². The van der Waals surface area contributed by atoms with Gasteiger partial charge in [-0.2, -0.15) is 0 Å². The Morgan fingerprint density at radius 1 is 1.24 bits per heavy atom. The molecule has 1 aromatic carbocycles. The predicted octanol–water partition coefficient (Wildman–Crippen LogP) is 0.985. The minimum Gasteiger partial charge on any atom is -0.383 e. The van der Waals surface area contributed by atoms with Crippen LogP contribution in [0.1, 0.15) is 18.4 Å². The minimum absolute atomic E-state index is 0.0820. The number of amides is 2. The summed E-state index contributed by atoms with van der Waals surface area (Å²) >= 11 is 0. The summed E-state index contributed by atoms with van der Waals surface area (Å²) in [6.45, 7) is 0.856. The van der Waals surface area contributed by atoms with Gasteiger partial charge in [0.25, 0.3) is 0 Å². The molecule has 2 amide bonds. The fourth-order valence-corrected chi connectivity index (χ4v) is 2.10. The molecule has 0 bridgehead atoms. The first-order valence-corrected chi connectivity index (χ1v) is 6.89. The fraction of sp³-hybridized carbons (Fsp3) is 0.467. The summed E-state index contributed by atoms with van der Waals surface area (Å²) < 4.78 is 18.3. The molecule has 0 aliphatic heterocycles. The van der Waals surface area contributed by atoms with E-state index in [4.69, 9.17) is 4.74 Å². The number of hydrogen-bond donors (Lipinski definition) is 2. The number of carbonyl (C=O) groups excluding carboxylic acids is 2. The number of carbonyl (C=O) groups is 2. The maximum absolute atomic E-state index is 13.5. The molecule has 2 N–H and O–H groups in total. The quantitative estimate of drug-likeness (QED) is 0.582. The molecule has 2 rings (SSSR count). The Bertz CT molecular complexity index is 529. The van der Waals surface area contributed by atoms with Gasteiger partial charge in [0.15, 0.2) is 0 Å². The van der Waals surface area contributed by atoms with Crippen molar-refractivity contribution in [1.29, 1.82) is 0 Å². The van der Waals surface area contributed by atoms with Crippen molar-refractivity contribution in [1.82, 2.24) is 10.6 Å². The van der Waals surface area contributed by atoms with Crippen molar-refractivity contribution >= 4 is 11.8 Å². The molecule has 0 unspecified atom stereocenters. The van der Waals surface area contributed by atoms with Gasteiger partial charge >= 0.3 is 0 Å². The molecule has 0 atom stereocenters. The summed E-state index contributed by atoms with van der Waals surface area (Å²) in [4.78, 5) is 24.2. The molecule has 114 valence electrons. The zero-order chi connectivity index (χ0) is 15.3. The predicted molar refractivity (Wildman–Crippen MR) is 74.8 cm³/mol. The van der Waals surface area contributed by atoms with E-state index in [0.29, 0.717) is 31.6 Å². The molecule has 0 aromatic heterocycles. The van der Waals surface area contributed by atoms with E-state index in [-0.39, 0.29) is 24.2 Å². The molecule has 1 aliphatic carbocycles. The first kappa shape index (κ1) is 15.4. The van der Waals surface area contributed by atoms with Gasteiger partial charge in [-0.05, 0) is 18.9 Å². The fourth-order valence-electron chi connectivity index (χ4n) is 2.10. The van der Waals surface area contributed by atoms with E-state index in [1.165, 1.54) is 6.07 Å². The molecule has 1 fully saturated rings. The second kappa shape index (κ2) is 6.67. The number of methoxy groups -OCH3 is 1. The van der Waals surface area contributed by atoms with Crippen molar-refractivity contribution in [2.45, 2.75) is 19.4 Å². The average molecular weight is 294 g/mol. The summed E-state index contributed by atoms with van der Waals surface area (Å²) in [5, 5.41) is 5.32. The standard InChI is InChI=1S/C15H19FN2O3/c1-21-9-8-17-13(19)15(6-7-15)14(20)18-10-11-4-2-3-5-12(11)16/h2-5H,6-10H2,1H3,(H,17,19)(H,18,20). The molecule has 0 saturated heterocycles. The molecule has 0 radical (unpaired) electrons. The largest absolute Gasteiger partial charge is 0.383 e. The monoisotopic (exact) mass is 294 g/mol. The Balaban J connectivity index is 1.88. The average Bonchev–Trinajstić information content (AvgIpc) is 3.28. The molecule has 5 nitrogen and oxygen atoms in total. The zero-order valence-corrected chi connectivity index (χ0v) is 11.9. The van der Waals surface area contributed by atoms with Crippen molar-refractivity contribution in [3.05, 3.63) is 35.6 Å². The van der Waals surface area contributed by atoms with Gasteiger partial charge in [0.2, 0.25) is 11.8 Å². The van der Waals surface area contributed by atoms with Crippen LogP contribution in [0.5, 0.6) is 0 Å². The summed E-state index contributed by atoms with van der Waals surface area (Å²) in [5.41, 5.74) is -0.583. The third kappa shape index (κ3) is 3.58. The van der Waals surface area contributed by atoms with Gasteiger partial charge in [-0.1, -0.05) is 18.2 Å². The highest BCUT2D eigenvalue weighted by Crippen LogP contribution is 2.46. The number of nitrogens with one attached hydrogen (secondary N) is 2. The van der Waals surface area contributed by atoms with E-state index in [9.17, 15) is 14.0 Å². The van der Waals surface area contributed by atoms with Crippen LogP contribution in [-0.2, 0) is 20.9 Å². The summed E-state index contributed by atoms with van der Waals surface area (Å²) in [6.07, 6.45) is 1.05. The SMILES string of the molecule is COCCNC(=O)C1(C(=O)NCc2ccccc2F)CC1. The molecule has 1 aliphatic rings. The van der Waals surface area contributed by atoms with E-state index in [1.807, 2.05) is 0 Å². The van der Waals surface area contributed by atoms with Crippen LogP contribution < -0.4 is 10.6 Å². The normalized spacial score (nSPS) is 15.3. The first-order valence-electron chi connectivity index (χ1n) is 6.89. The Hall–Kier alpha value is -1.95. The van der Waals surface area contributed by atoms with Crippen LogP contribution in [0, 0.1) is 11.2 Å². The van der Waals surface area contributed by atoms with Crippen LogP contribution in [-0.4, -0.2) is 32.1 Å². The van der Waals surface area contributed by atoms with Gasteiger partial charge in [0, 0.05) is 25.8 Å². The van der Waals surface area contributed by atoms with E-state index in [1.54, 1.807) is 25.3 Å². The highest BCUT2D eigenvalue weighted by molar-refractivity contribution is 6.07. The van der Waals surface area contributed by atoms with Gasteiger partial charge in [-0.25, -0.2) is 4.39 Å². The van der Waals surface area contributed by atoms with Gasteiger partial charge in [0.05, 0.1) is 6.61 Å². The molecular formula is C15H19FN2O3. The second-order valence-electron chi connectivity index (χ2n) is 5.10. The maximum atomic E-state index is 13.5. The highest BCUT2D eigenvalue weighted by atomic mass is 19.1. The Kier molecular flexibility index (Phi) is 4.90. The third-order valence-corrected chi connectivity index (χ3v) is 3.61. The number of hydrogen-bond acceptors (Lipinski definition) is 3. The number of benzene rings is 1. The number of halogens is 1. The molecular weight excluding hydrogens is 275 g/mol. The summed E-state index contributed by atoms with van der Waals surface area (Å²) in [7, 11) is 1.54. The lowest BCUT2D eigenvalue weighted by molar-refractivity contribution is -0.137. The van der Waals surface area contributed by atoms with Crippen LogP contribution in [0.4, 0.5) is 4.39 Å². The third-order valence-electron chi connectivity index (χ3n) is 3.61. The molecule has 1 saturated carbocycles. The van der Waals surface area contributed by atoms with E-state index in [0.717, 1.165) is 0 Å². The lowest BCUT2D eigenvalue weighted by Gasteiger charge is -2.15. The van der Waals surface area contributed by atoms with Gasteiger partial charge in [-0.3, -0.25) is 9.59 Å². The van der Waals surface area contributed by atoms with Crippen LogP contribution in [0.15, 0.2) is 24.3 Å². The van der Waals surface area contributed by atoms with E-state index >= 15 is 0 Å². The van der Waals surface area contributed by atoms with Crippen LogP contribution in [0.3, 0.4) is 0 Å². The molecule has 6 heteroatoms. The Morgan fingerprint density at radius 3 is 2.52 bits per heavy atom. The molecule has 0 heterocycles. The zero-order valence-electron chi connectivity index (χ0n) is 11.9. The first-order chi connectivity index (χ1) is 10.1. The van der Waals surface area contributed by atoms with Crippen LogP contribution in [0.25, 0.3) is 0 Å². The lowest BCUT2D eigenvalue weighted by atomic mass is 10.0. The number of ether oxygens (including phenoxy) is 1. The lowest BCUT2D eigenvalue weighted by Crippen LogP contribution is -2.43. The molecule has 21 heavy (non-hydrogen) atoms. The Morgan fingerprint density at radius 2 is 1.90 bits per heavy atom. The van der Waals surface area contributed by atoms with Gasteiger partial charge in [0.1, 0.15) is 11.2 Å². The van der Waals surface area contributed by atoms with Crippen molar-refractivity contribution in [3.63, 3.8) is 0 Å². The Labute approximate surface area is 122 Å². The highest BCUT2D eigenvalue weighted by Gasteiger charge is 2.56. The van der Waals surface area contributed by atoms with Gasteiger partial charge in [-0.15, -0.1) is 0 Å².